The maximum absolute atomic E-state index is 12.2. The van der Waals surface area contributed by atoms with Crippen molar-refractivity contribution < 1.29 is 19.1 Å². The van der Waals surface area contributed by atoms with Crippen LogP contribution < -0.4 is 10.6 Å². The van der Waals surface area contributed by atoms with Crippen molar-refractivity contribution in [1.29, 1.82) is 0 Å². The number of nitrogens with one attached hydrogen (secondary N) is 2. The molecule has 1 unspecified atom stereocenters. The molecule has 0 saturated heterocycles. The van der Waals surface area contributed by atoms with Crippen LogP contribution in [0.5, 0.6) is 0 Å². The first-order valence-electron chi connectivity index (χ1n) is 11.0. The van der Waals surface area contributed by atoms with Gasteiger partial charge >= 0.3 is 5.97 Å². The van der Waals surface area contributed by atoms with Crippen molar-refractivity contribution in [2.24, 2.45) is 0 Å². The number of carbonyl (C=O) groups excluding carboxylic acids is 1. The molecule has 168 valence electrons. The van der Waals surface area contributed by atoms with Crippen molar-refractivity contribution in [3.05, 3.63) is 77.6 Å². The number of carboxylic acids is 1. The molecule has 3 aromatic rings. The van der Waals surface area contributed by atoms with Gasteiger partial charge in [0.15, 0.2) is 0 Å². The van der Waals surface area contributed by atoms with Gasteiger partial charge in [0.05, 0.1) is 12.5 Å². The standard InChI is InChI=1S/C26H30N2O4/c1-3-4-10-23(22-17-24(32-18(22)2)19-8-6-5-7-9-19)28-21-13-11-20(12-14-21)26(31)27-16-15-25(29)30/h5-9,11-14,17,23,28H,3-4,10,15-16H2,1-2H3,(H,27,31)(H,29,30). The summed E-state index contributed by atoms with van der Waals surface area (Å²) in [6.45, 7) is 4.27. The van der Waals surface area contributed by atoms with Crippen LogP contribution in [0.2, 0.25) is 0 Å². The summed E-state index contributed by atoms with van der Waals surface area (Å²) >= 11 is 0. The molecule has 0 saturated carbocycles. The second-order valence-corrected chi connectivity index (χ2v) is 7.80. The van der Waals surface area contributed by atoms with Gasteiger partial charge in [0.25, 0.3) is 5.91 Å². The van der Waals surface area contributed by atoms with Gasteiger partial charge in [-0.2, -0.15) is 0 Å². The van der Waals surface area contributed by atoms with E-state index in [2.05, 4.69) is 23.6 Å². The smallest absolute Gasteiger partial charge is 0.305 e. The molecule has 3 N–H and O–H groups in total. The molecule has 3 rings (SSSR count). The third-order valence-corrected chi connectivity index (χ3v) is 5.35. The number of hydrogen-bond donors (Lipinski definition) is 3. The number of furan rings is 1. The normalized spacial score (nSPS) is 11.7. The molecular formula is C26H30N2O4. The lowest BCUT2D eigenvalue weighted by Gasteiger charge is -2.20. The van der Waals surface area contributed by atoms with E-state index < -0.39 is 5.97 Å². The Kier molecular flexibility index (Phi) is 8.08. The highest BCUT2D eigenvalue weighted by atomic mass is 16.4. The van der Waals surface area contributed by atoms with E-state index in [1.54, 1.807) is 12.1 Å². The number of carbonyl (C=O) groups is 2. The number of rotatable bonds is 11. The van der Waals surface area contributed by atoms with Crippen LogP contribution in [0.3, 0.4) is 0 Å². The van der Waals surface area contributed by atoms with Crippen molar-refractivity contribution in [1.82, 2.24) is 5.32 Å². The minimum Gasteiger partial charge on any atom is -0.481 e. The van der Waals surface area contributed by atoms with E-state index in [4.69, 9.17) is 9.52 Å². The molecule has 0 bridgehead atoms. The Labute approximate surface area is 188 Å². The van der Waals surface area contributed by atoms with Crippen LogP contribution in [0, 0.1) is 6.92 Å². The van der Waals surface area contributed by atoms with Gasteiger partial charge < -0.3 is 20.2 Å². The second-order valence-electron chi connectivity index (χ2n) is 7.80. The summed E-state index contributed by atoms with van der Waals surface area (Å²) in [7, 11) is 0. The molecule has 0 aliphatic carbocycles. The van der Waals surface area contributed by atoms with E-state index in [-0.39, 0.29) is 24.9 Å². The van der Waals surface area contributed by atoms with Gasteiger partial charge in [-0.25, -0.2) is 0 Å². The van der Waals surface area contributed by atoms with Gasteiger partial charge in [0.2, 0.25) is 0 Å². The van der Waals surface area contributed by atoms with Gasteiger partial charge in [-0.05, 0) is 43.7 Å². The summed E-state index contributed by atoms with van der Waals surface area (Å²) < 4.78 is 6.07. The molecule has 2 aromatic carbocycles. The highest BCUT2D eigenvalue weighted by Crippen LogP contribution is 2.33. The number of anilines is 1. The van der Waals surface area contributed by atoms with Crippen molar-refractivity contribution in [3.8, 4) is 11.3 Å². The van der Waals surface area contributed by atoms with Crippen molar-refractivity contribution in [2.45, 2.75) is 45.6 Å². The van der Waals surface area contributed by atoms with Crippen LogP contribution in [0.1, 0.15) is 60.3 Å². The van der Waals surface area contributed by atoms with Crippen molar-refractivity contribution >= 4 is 17.6 Å². The van der Waals surface area contributed by atoms with Gasteiger partial charge in [-0.1, -0.05) is 50.1 Å². The fourth-order valence-electron chi connectivity index (χ4n) is 3.60. The maximum atomic E-state index is 12.2. The topological polar surface area (TPSA) is 91.6 Å². The van der Waals surface area contributed by atoms with Gasteiger partial charge in [0, 0.05) is 28.9 Å². The predicted molar refractivity (Wildman–Crippen MR) is 126 cm³/mol. The summed E-state index contributed by atoms with van der Waals surface area (Å²) in [6, 6.07) is 19.5. The molecule has 0 aliphatic heterocycles. The minimum atomic E-state index is -0.937. The van der Waals surface area contributed by atoms with Gasteiger partial charge in [-0.3, -0.25) is 9.59 Å². The molecule has 6 heteroatoms. The average Bonchev–Trinajstić information content (AvgIpc) is 3.19. The predicted octanol–water partition coefficient (Wildman–Crippen LogP) is 5.80. The highest BCUT2D eigenvalue weighted by Gasteiger charge is 2.19. The average molecular weight is 435 g/mol. The molecule has 1 atom stereocenters. The maximum Gasteiger partial charge on any atom is 0.305 e. The molecule has 32 heavy (non-hydrogen) atoms. The fourth-order valence-corrected chi connectivity index (χ4v) is 3.60. The highest BCUT2D eigenvalue weighted by molar-refractivity contribution is 5.94. The summed E-state index contributed by atoms with van der Waals surface area (Å²) in [5.74, 6) is 0.535. The van der Waals surface area contributed by atoms with Crippen LogP contribution >= 0.6 is 0 Å². The Morgan fingerprint density at radius 2 is 1.78 bits per heavy atom. The molecule has 1 aromatic heterocycles. The summed E-state index contributed by atoms with van der Waals surface area (Å²) in [4.78, 5) is 22.8. The second kappa shape index (κ2) is 11.2. The van der Waals surface area contributed by atoms with E-state index in [9.17, 15) is 9.59 Å². The van der Waals surface area contributed by atoms with Crippen molar-refractivity contribution in [3.63, 3.8) is 0 Å². The Bertz CT molecular complexity index is 1030. The van der Waals surface area contributed by atoms with Gasteiger partial charge in [0.1, 0.15) is 11.5 Å². The summed E-state index contributed by atoms with van der Waals surface area (Å²) in [5, 5.41) is 14.9. The molecule has 0 spiro atoms. The monoisotopic (exact) mass is 434 g/mol. The van der Waals surface area contributed by atoms with E-state index >= 15 is 0 Å². The van der Waals surface area contributed by atoms with E-state index in [1.807, 2.05) is 49.4 Å². The Morgan fingerprint density at radius 1 is 1.06 bits per heavy atom. The zero-order valence-corrected chi connectivity index (χ0v) is 18.6. The Hall–Kier alpha value is -3.54. The van der Waals surface area contributed by atoms with Crippen LogP contribution in [-0.2, 0) is 4.79 Å². The molecular weight excluding hydrogens is 404 g/mol. The van der Waals surface area contributed by atoms with Crippen LogP contribution in [-0.4, -0.2) is 23.5 Å². The summed E-state index contributed by atoms with van der Waals surface area (Å²) in [5.41, 5.74) is 3.59. The third-order valence-electron chi connectivity index (χ3n) is 5.35. The number of aryl methyl sites for hydroxylation is 1. The number of amides is 1. The number of benzene rings is 2. The lowest BCUT2D eigenvalue weighted by atomic mass is 10.00. The number of aliphatic carboxylic acids is 1. The zero-order chi connectivity index (χ0) is 22.9. The molecule has 0 aliphatic rings. The van der Waals surface area contributed by atoms with Crippen molar-refractivity contribution in [2.75, 3.05) is 11.9 Å². The zero-order valence-electron chi connectivity index (χ0n) is 18.6. The molecule has 1 heterocycles. The molecule has 0 radical (unpaired) electrons. The van der Waals surface area contributed by atoms with E-state index in [0.717, 1.165) is 47.6 Å². The van der Waals surface area contributed by atoms with Crippen LogP contribution in [0.4, 0.5) is 5.69 Å². The Morgan fingerprint density at radius 3 is 2.44 bits per heavy atom. The molecule has 1 amide bonds. The van der Waals surface area contributed by atoms with Crippen LogP contribution in [0.25, 0.3) is 11.3 Å². The first-order valence-corrected chi connectivity index (χ1v) is 11.0. The molecule has 0 fully saturated rings. The largest absolute Gasteiger partial charge is 0.481 e. The quantitative estimate of drug-likeness (QED) is 0.355. The number of hydrogen-bond acceptors (Lipinski definition) is 4. The van der Waals surface area contributed by atoms with Crippen LogP contribution in [0.15, 0.2) is 65.1 Å². The molecule has 6 nitrogen and oxygen atoms in total. The summed E-state index contributed by atoms with van der Waals surface area (Å²) in [6.07, 6.45) is 3.03. The fraction of sp³-hybridized carbons (Fsp3) is 0.308. The first-order chi connectivity index (χ1) is 15.5. The third kappa shape index (κ3) is 6.23. The van der Waals surface area contributed by atoms with E-state index in [0.29, 0.717) is 5.56 Å². The minimum absolute atomic E-state index is 0.0893. The lowest BCUT2D eigenvalue weighted by molar-refractivity contribution is -0.136. The Balaban J connectivity index is 1.73. The number of carboxylic acid groups (broad SMARTS) is 1. The van der Waals surface area contributed by atoms with Gasteiger partial charge in [-0.15, -0.1) is 0 Å². The van der Waals surface area contributed by atoms with E-state index in [1.165, 1.54) is 0 Å². The first kappa shape index (κ1) is 23.1. The number of unbranched alkanes of at least 4 members (excludes halogenated alkanes) is 1. The lowest BCUT2D eigenvalue weighted by Crippen LogP contribution is -2.25. The SMILES string of the molecule is CCCCC(Nc1ccc(C(=O)NCCC(=O)O)cc1)c1cc(-c2ccccc2)oc1C.